The number of nitriles is 1. The summed E-state index contributed by atoms with van der Waals surface area (Å²) in [5.41, 5.74) is 11.6. The van der Waals surface area contributed by atoms with Gasteiger partial charge in [-0.2, -0.15) is 5.26 Å². The molecule has 2 N–H and O–H groups in total. The third kappa shape index (κ3) is 4.08. The minimum absolute atomic E-state index is 0.0230. The van der Waals surface area contributed by atoms with Gasteiger partial charge in [-0.25, -0.2) is 4.98 Å². The van der Waals surface area contributed by atoms with Crippen molar-refractivity contribution in [2.75, 3.05) is 4.90 Å². The number of nitro groups is 1. The summed E-state index contributed by atoms with van der Waals surface area (Å²) in [6, 6.07) is 18.4. The molecule has 1 unspecified atom stereocenters. The lowest BCUT2D eigenvalue weighted by molar-refractivity contribution is -0.384. The largest absolute Gasteiger partial charge is 0.384 e. The molecule has 6 rings (SSSR count). The van der Waals surface area contributed by atoms with Gasteiger partial charge in [0.05, 0.1) is 52.1 Å². The Morgan fingerprint density at radius 1 is 1.21 bits per heavy atom. The van der Waals surface area contributed by atoms with Crippen LogP contribution in [0.5, 0.6) is 0 Å². The number of aryl methyl sites for hydroxylation is 1. The van der Waals surface area contributed by atoms with Crippen LogP contribution in [-0.2, 0) is 11.3 Å². The Kier molecular flexibility index (Phi) is 6.00. The molecule has 3 heterocycles. The maximum atomic E-state index is 13.5. The van der Waals surface area contributed by atoms with Gasteiger partial charge in [-0.05, 0) is 49.6 Å². The lowest BCUT2D eigenvalue weighted by Crippen LogP contribution is -2.38. The number of hydrogen-bond acceptors (Lipinski definition) is 8. The monoisotopic (exact) mass is 536 g/mol. The topological polar surface area (TPSA) is 131 Å². The molecule has 2 aliphatic rings. The number of nitrogens with two attached hydrogens (primary N) is 1. The van der Waals surface area contributed by atoms with E-state index < -0.39 is 10.8 Å². The van der Waals surface area contributed by atoms with Crippen LogP contribution in [0.25, 0.3) is 11.0 Å². The number of imidazole rings is 1. The number of fused-ring (bicyclic) bond motifs is 1. The molecule has 1 aliphatic carbocycles. The number of benzene rings is 2. The van der Waals surface area contributed by atoms with Crippen molar-refractivity contribution in [2.24, 2.45) is 5.73 Å². The average Bonchev–Trinajstić information content (AvgIpc) is 3.51. The highest BCUT2D eigenvalue weighted by molar-refractivity contribution is 7.12. The average molecular weight is 537 g/mol. The van der Waals surface area contributed by atoms with Crippen molar-refractivity contribution in [1.82, 2.24) is 9.55 Å². The van der Waals surface area contributed by atoms with Crippen molar-refractivity contribution >= 4 is 39.5 Å². The number of rotatable bonds is 5. The summed E-state index contributed by atoms with van der Waals surface area (Å²) < 4.78 is 2.09. The van der Waals surface area contributed by atoms with Gasteiger partial charge in [-0.1, -0.05) is 18.2 Å². The highest BCUT2D eigenvalue weighted by Gasteiger charge is 2.41. The van der Waals surface area contributed by atoms with Gasteiger partial charge in [-0.3, -0.25) is 19.8 Å². The normalized spacial score (nSPS) is 17.5. The first-order valence-electron chi connectivity index (χ1n) is 12.6. The Labute approximate surface area is 228 Å². The number of non-ortho nitro benzene ring substituents is 1. The number of anilines is 1. The second kappa shape index (κ2) is 9.53. The summed E-state index contributed by atoms with van der Waals surface area (Å²) in [5, 5.41) is 21.8. The number of hydrogen-bond donors (Lipinski definition) is 1. The van der Waals surface area contributed by atoms with Crippen molar-refractivity contribution in [2.45, 2.75) is 38.6 Å². The van der Waals surface area contributed by atoms with Crippen LogP contribution < -0.4 is 10.6 Å². The summed E-state index contributed by atoms with van der Waals surface area (Å²) >= 11 is 1.56. The fourth-order valence-corrected chi connectivity index (χ4v) is 6.74. The summed E-state index contributed by atoms with van der Waals surface area (Å²) in [5.74, 6) is -0.403. The van der Waals surface area contributed by atoms with E-state index in [4.69, 9.17) is 5.73 Å². The van der Waals surface area contributed by atoms with Crippen LogP contribution in [0.4, 0.5) is 11.4 Å². The maximum Gasteiger partial charge on any atom is 0.271 e. The van der Waals surface area contributed by atoms with Gasteiger partial charge in [0, 0.05) is 39.6 Å². The molecule has 194 valence electrons. The summed E-state index contributed by atoms with van der Waals surface area (Å²) in [6.45, 7) is 2.65. The van der Waals surface area contributed by atoms with Gasteiger partial charge in [0.2, 0.25) is 0 Å². The Balaban J connectivity index is 1.46. The fourth-order valence-electron chi connectivity index (χ4n) is 5.58. The summed E-state index contributed by atoms with van der Waals surface area (Å²) in [4.78, 5) is 32.6. The first kappa shape index (κ1) is 24.6. The molecular weight excluding hydrogens is 512 g/mol. The number of ketones is 1. The number of Topliss-reactive ketones (excluding diaryl/α,β-unsaturated/α-hetero) is 1. The minimum atomic E-state index is -0.579. The Morgan fingerprint density at radius 2 is 2.03 bits per heavy atom. The first-order valence-corrected chi connectivity index (χ1v) is 13.4. The Morgan fingerprint density at radius 3 is 2.82 bits per heavy atom. The van der Waals surface area contributed by atoms with E-state index in [2.05, 4.69) is 21.7 Å². The molecule has 1 atom stereocenters. The predicted molar refractivity (Wildman–Crippen MR) is 149 cm³/mol. The molecule has 0 saturated carbocycles. The number of allylic oxidation sites excluding steroid dienone is 3. The van der Waals surface area contributed by atoms with Crippen molar-refractivity contribution in [3.05, 3.63) is 109 Å². The molecule has 0 radical (unpaired) electrons. The minimum Gasteiger partial charge on any atom is -0.384 e. The third-order valence-corrected chi connectivity index (χ3v) is 8.56. The molecule has 9 nitrogen and oxygen atoms in total. The molecule has 0 saturated heterocycles. The first-order chi connectivity index (χ1) is 18.9. The molecule has 2 aromatic carbocycles. The third-order valence-electron chi connectivity index (χ3n) is 7.40. The highest BCUT2D eigenvalue weighted by Crippen LogP contribution is 2.48. The van der Waals surface area contributed by atoms with Gasteiger partial charge in [0.25, 0.3) is 5.69 Å². The lowest BCUT2D eigenvalue weighted by Gasteiger charge is -2.39. The quantitative estimate of drug-likeness (QED) is 0.257. The van der Waals surface area contributed by atoms with Gasteiger partial charge in [0.1, 0.15) is 5.82 Å². The molecule has 0 spiro atoms. The van der Waals surface area contributed by atoms with Crippen LogP contribution in [-0.4, -0.2) is 20.3 Å². The highest BCUT2D eigenvalue weighted by atomic mass is 32.1. The molecule has 2 aromatic heterocycles. The van der Waals surface area contributed by atoms with Crippen LogP contribution >= 0.6 is 11.3 Å². The Hall–Kier alpha value is -4.75. The second-order valence-corrected chi connectivity index (χ2v) is 11.0. The van der Waals surface area contributed by atoms with E-state index in [9.17, 15) is 20.2 Å². The SMILES string of the molecule is Cc1sc(C2C(C#N)=C(N)N(c3cccc([N+](=O)[O-])c3)C3=C2C(=O)CCC3)cc1Cn1cnc2ccccc21. The lowest BCUT2D eigenvalue weighted by atomic mass is 9.78. The number of aromatic nitrogens is 2. The van der Waals surface area contributed by atoms with Crippen LogP contribution in [0.15, 0.2) is 83.6 Å². The zero-order valence-electron chi connectivity index (χ0n) is 21.1. The van der Waals surface area contributed by atoms with Gasteiger partial charge < -0.3 is 10.3 Å². The van der Waals surface area contributed by atoms with Gasteiger partial charge >= 0.3 is 0 Å². The molecular formula is C29H24N6O3S. The van der Waals surface area contributed by atoms with Gasteiger partial charge in [-0.15, -0.1) is 11.3 Å². The van der Waals surface area contributed by atoms with Crippen molar-refractivity contribution in [1.29, 1.82) is 5.26 Å². The van der Waals surface area contributed by atoms with Crippen LogP contribution in [0.3, 0.4) is 0 Å². The smallest absolute Gasteiger partial charge is 0.271 e. The maximum absolute atomic E-state index is 13.5. The summed E-state index contributed by atoms with van der Waals surface area (Å²) in [6.07, 6.45) is 3.43. The van der Waals surface area contributed by atoms with Gasteiger partial charge in [0.15, 0.2) is 5.78 Å². The zero-order valence-corrected chi connectivity index (χ0v) is 21.9. The predicted octanol–water partition coefficient (Wildman–Crippen LogP) is 5.67. The van der Waals surface area contributed by atoms with E-state index >= 15 is 0 Å². The Bertz CT molecular complexity index is 1770. The van der Waals surface area contributed by atoms with Crippen LogP contribution in [0.1, 0.15) is 40.5 Å². The van der Waals surface area contributed by atoms with Crippen LogP contribution in [0.2, 0.25) is 0 Å². The standard InChI is InChI=1S/C29H24N6O3S/c1-17-18(15-33-16-32-22-8-2-3-9-23(22)33)12-26(39-17)27-21(14-30)29(31)34(24-10-5-11-25(36)28(24)27)19-6-4-7-20(13-19)35(37)38/h2-4,6-9,12-13,16,27H,5,10-11,15,31H2,1H3. The van der Waals surface area contributed by atoms with E-state index in [1.54, 1.807) is 28.4 Å². The van der Waals surface area contributed by atoms with E-state index in [1.165, 1.54) is 12.1 Å². The van der Waals surface area contributed by atoms with E-state index in [1.807, 2.05) is 37.5 Å². The molecule has 0 fully saturated rings. The zero-order chi connectivity index (χ0) is 27.3. The molecule has 0 amide bonds. The van der Waals surface area contributed by atoms with Crippen molar-refractivity contribution in [3.63, 3.8) is 0 Å². The second-order valence-electron chi connectivity index (χ2n) is 9.68. The molecule has 0 bridgehead atoms. The van der Waals surface area contributed by atoms with E-state index in [0.717, 1.165) is 26.4 Å². The molecule has 1 aliphatic heterocycles. The molecule has 4 aromatic rings. The van der Waals surface area contributed by atoms with Crippen molar-refractivity contribution in [3.8, 4) is 6.07 Å². The molecule has 39 heavy (non-hydrogen) atoms. The number of carbonyl (C=O) groups excluding carboxylic acids is 1. The number of nitro benzene ring substituents is 1. The van der Waals surface area contributed by atoms with Crippen molar-refractivity contribution < 1.29 is 9.72 Å². The molecule has 10 heteroatoms. The number of thiophene rings is 1. The number of carbonyl (C=O) groups is 1. The van der Waals surface area contributed by atoms with Crippen LogP contribution in [0, 0.1) is 28.4 Å². The number of nitrogens with zero attached hydrogens (tertiary/aromatic N) is 5. The van der Waals surface area contributed by atoms with E-state index in [0.29, 0.717) is 42.8 Å². The fraction of sp³-hybridized carbons (Fsp3) is 0.207. The van der Waals surface area contributed by atoms with E-state index in [-0.39, 0.29) is 22.9 Å². The summed E-state index contributed by atoms with van der Waals surface area (Å²) in [7, 11) is 0. The number of para-hydroxylation sites is 2.